The van der Waals surface area contributed by atoms with E-state index in [0.29, 0.717) is 6.42 Å². The molecule has 0 aliphatic heterocycles. The summed E-state index contributed by atoms with van der Waals surface area (Å²) < 4.78 is 0. The molecule has 0 aromatic heterocycles. The number of benzene rings is 2. The Bertz CT molecular complexity index is 558. The molecule has 1 aliphatic carbocycles. The van der Waals surface area contributed by atoms with Gasteiger partial charge >= 0.3 is 0 Å². The van der Waals surface area contributed by atoms with E-state index in [2.05, 4.69) is 12.8 Å². The summed E-state index contributed by atoms with van der Waals surface area (Å²) in [5, 5.41) is 18.7. The smallest absolute Gasteiger partial charge is 0.115 e. The number of phenolic OH excluding ortho intramolecular Hbond substituents is 2. The van der Waals surface area contributed by atoms with E-state index in [1.165, 1.54) is 0 Å². The maximum absolute atomic E-state index is 9.42. The fourth-order valence-corrected chi connectivity index (χ4v) is 2.15. The lowest BCUT2D eigenvalue weighted by Crippen LogP contribution is -2.11. The Morgan fingerprint density at radius 2 is 1.67 bits per heavy atom. The van der Waals surface area contributed by atoms with Gasteiger partial charge in [0.15, 0.2) is 0 Å². The van der Waals surface area contributed by atoms with E-state index in [1.54, 1.807) is 24.3 Å². The highest BCUT2D eigenvalue weighted by Gasteiger charge is 2.21. The molecule has 2 aromatic carbocycles. The minimum absolute atomic E-state index is 0.0163. The van der Waals surface area contributed by atoms with Gasteiger partial charge in [-0.25, -0.2) is 0 Å². The first-order valence-electron chi connectivity index (χ1n) is 5.83. The molecular weight excluding hydrogens is 224 g/mol. The molecule has 3 rings (SSSR count). The van der Waals surface area contributed by atoms with Crippen LogP contribution in [-0.2, 0) is 6.42 Å². The van der Waals surface area contributed by atoms with Gasteiger partial charge < -0.3 is 10.2 Å². The van der Waals surface area contributed by atoms with Crippen molar-refractivity contribution in [3.05, 3.63) is 72.0 Å². The number of phenols is 2. The molecule has 0 fully saturated rings. The number of hydrogen-bond acceptors (Lipinski definition) is 2. The molecule has 2 nitrogen and oxygen atoms in total. The first kappa shape index (κ1) is 11.1. The van der Waals surface area contributed by atoms with Gasteiger partial charge in [0.2, 0.25) is 0 Å². The van der Waals surface area contributed by atoms with Gasteiger partial charge in [-0.2, -0.15) is 0 Å². The average Bonchev–Trinajstić information content (AvgIpc) is 2.39. The summed E-state index contributed by atoms with van der Waals surface area (Å²) in [6, 6.07) is 12.4. The van der Waals surface area contributed by atoms with E-state index in [4.69, 9.17) is 0 Å². The normalized spacial score (nSPS) is 18.3. The predicted octanol–water partition coefficient (Wildman–Crippen LogP) is 2.95. The van der Waals surface area contributed by atoms with Gasteiger partial charge in [0.05, 0.1) is 0 Å². The third kappa shape index (κ3) is 2.06. The number of aromatic hydroxyl groups is 2. The second kappa shape index (κ2) is 4.37. The second-order valence-electron chi connectivity index (χ2n) is 4.39. The molecule has 0 saturated carbocycles. The van der Waals surface area contributed by atoms with Crippen molar-refractivity contribution >= 4 is 0 Å². The molecule has 2 aromatic rings. The molecule has 0 spiro atoms. The largest absolute Gasteiger partial charge is 0.508 e. The Morgan fingerprint density at radius 3 is 2.44 bits per heavy atom. The quantitative estimate of drug-likeness (QED) is 0.799. The topological polar surface area (TPSA) is 40.5 Å². The van der Waals surface area contributed by atoms with Crippen molar-refractivity contribution in [3.63, 3.8) is 0 Å². The van der Waals surface area contributed by atoms with Crippen molar-refractivity contribution in [1.82, 2.24) is 0 Å². The van der Waals surface area contributed by atoms with Crippen LogP contribution >= 0.6 is 0 Å². The minimum Gasteiger partial charge on any atom is -0.508 e. The van der Waals surface area contributed by atoms with Gasteiger partial charge in [0, 0.05) is 12.3 Å². The van der Waals surface area contributed by atoms with Gasteiger partial charge in [-0.3, -0.25) is 0 Å². The van der Waals surface area contributed by atoms with Crippen molar-refractivity contribution < 1.29 is 10.2 Å². The Hall–Kier alpha value is -1.96. The summed E-state index contributed by atoms with van der Waals surface area (Å²) in [6.07, 6.45) is 7.39. The van der Waals surface area contributed by atoms with E-state index >= 15 is 0 Å². The van der Waals surface area contributed by atoms with Gasteiger partial charge in [0.1, 0.15) is 11.5 Å². The van der Waals surface area contributed by atoms with Crippen molar-refractivity contribution in [2.75, 3.05) is 0 Å². The molecule has 1 atom stereocenters. The molecule has 0 amide bonds. The van der Waals surface area contributed by atoms with Gasteiger partial charge in [-0.05, 0) is 53.8 Å². The average molecular weight is 236 g/mol. The lowest BCUT2D eigenvalue weighted by atomic mass is 9.80. The van der Waals surface area contributed by atoms with E-state index < -0.39 is 0 Å². The molecule has 1 unspecified atom stereocenters. The monoisotopic (exact) mass is 236 g/mol. The molecule has 2 heteroatoms. The van der Waals surface area contributed by atoms with E-state index in [-0.39, 0.29) is 17.4 Å². The molecule has 1 aliphatic rings. The van der Waals surface area contributed by atoms with E-state index in [1.807, 2.05) is 18.2 Å². The second-order valence-corrected chi connectivity index (χ2v) is 4.39. The zero-order valence-electron chi connectivity index (χ0n) is 9.72. The summed E-state index contributed by atoms with van der Waals surface area (Å²) in [6.45, 7) is 0. The third-order valence-corrected chi connectivity index (χ3v) is 3.11. The van der Waals surface area contributed by atoms with E-state index in [9.17, 15) is 10.2 Å². The zero-order valence-corrected chi connectivity index (χ0v) is 9.72. The Morgan fingerprint density at radius 1 is 0.944 bits per heavy atom. The maximum Gasteiger partial charge on any atom is 0.115 e. The summed E-state index contributed by atoms with van der Waals surface area (Å²) in [7, 11) is 0. The lowest BCUT2D eigenvalue weighted by Gasteiger charge is -2.23. The summed E-state index contributed by atoms with van der Waals surface area (Å²) >= 11 is 0. The van der Waals surface area contributed by atoms with Crippen LogP contribution in [0.3, 0.4) is 0 Å². The minimum atomic E-state index is 0.0163. The van der Waals surface area contributed by atoms with Crippen LogP contribution in [0.25, 0.3) is 0 Å². The highest BCUT2D eigenvalue weighted by Crippen LogP contribution is 2.35. The van der Waals surface area contributed by atoms with Crippen LogP contribution in [0.1, 0.15) is 22.6 Å². The number of hydrogen-bond donors (Lipinski definition) is 2. The van der Waals surface area contributed by atoms with Crippen LogP contribution in [-0.4, -0.2) is 10.2 Å². The fourth-order valence-electron chi connectivity index (χ4n) is 2.15. The van der Waals surface area contributed by atoms with Crippen LogP contribution in [0.2, 0.25) is 0 Å². The molecule has 2 N–H and O–H groups in total. The fraction of sp³-hybridized carbons (Fsp3) is 0.125. The molecule has 4 radical (unpaired) electrons. The summed E-state index contributed by atoms with van der Waals surface area (Å²) in [5.74, 6) is 0.558. The maximum atomic E-state index is 9.42. The van der Waals surface area contributed by atoms with Gasteiger partial charge in [-0.1, -0.05) is 18.2 Å². The highest BCUT2D eigenvalue weighted by atomic mass is 16.3. The molecule has 0 heterocycles. The van der Waals surface area contributed by atoms with Crippen molar-refractivity contribution in [1.29, 1.82) is 0 Å². The third-order valence-electron chi connectivity index (χ3n) is 3.11. The SMILES string of the molecule is Oc1ccc(C2[C]Cc3cc(O)ccc3[C]2)cc1. The van der Waals surface area contributed by atoms with Crippen molar-refractivity contribution in [3.8, 4) is 11.5 Å². The van der Waals surface area contributed by atoms with Crippen LogP contribution in [0.4, 0.5) is 0 Å². The zero-order chi connectivity index (χ0) is 12.5. The lowest BCUT2D eigenvalue weighted by molar-refractivity contribution is 0.473. The van der Waals surface area contributed by atoms with Crippen molar-refractivity contribution in [2.45, 2.75) is 12.3 Å². The molecule has 0 bridgehead atoms. The highest BCUT2D eigenvalue weighted by molar-refractivity contribution is 5.47. The Balaban J connectivity index is 1.86. The van der Waals surface area contributed by atoms with Gasteiger partial charge in [-0.15, -0.1) is 0 Å². The van der Waals surface area contributed by atoms with E-state index in [0.717, 1.165) is 16.7 Å². The standard InChI is InChI=1S/C16H12O2/c17-15-6-3-11(4-7-15)12-1-2-14-10-16(18)8-5-13(14)9-12/h3-8,10,12,17-18H,2H2. The van der Waals surface area contributed by atoms with Gasteiger partial charge in [0.25, 0.3) is 0 Å². The Labute approximate surface area is 107 Å². The first-order valence-corrected chi connectivity index (χ1v) is 5.83. The molecule has 88 valence electrons. The molecule has 0 saturated heterocycles. The first-order chi connectivity index (χ1) is 8.72. The van der Waals surface area contributed by atoms with Crippen LogP contribution in [0.15, 0.2) is 42.5 Å². The molecular formula is C16H12O2. The van der Waals surface area contributed by atoms with Crippen LogP contribution in [0, 0.1) is 12.8 Å². The summed E-state index contributed by atoms with van der Waals surface area (Å²) in [4.78, 5) is 0. The van der Waals surface area contributed by atoms with Crippen LogP contribution < -0.4 is 0 Å². The Kier molecular flexibility index (Phi) is 2.71. The number of fused-ring (bicyclic) bond motifs is 1. The van der Waals surface area contributed by atoms with Crippen LogP contribution in [0.5, 0.6) is 11.5 Å². The predicted molar refractivity (Wildman–Crippen MR) is 68.2 cm³/mol. The van der Waals surface area contributed by atoms with Crippen molar-refractivity contribution in [2.24, 2.45) is 0 Å². The summed E-state index contributed by atoms with van der Waals surface area (Å²) in [5.41, 5.74) is 3.13. The molecule has 18 heavy (non-hydrogen) atoms. The number of rotatable bonds is 1.